The molecule has 0 aliphatic carbocycles. The van der Waals surface area contributed by atoms with E-state index < -0.39 is 29.2 Å². The normalized spacial score (nSPS) is 13.7. The van der Waals surface area contributed by atoms with Crippen molar-refractivity contribution in [2.45, 2.75) is 19.6 Å². The molecule has 4 aromatic heterocycles. The van der Waals surface area contributed by atoms with Crippen LogP contribution in [-0.4, -0.2) is 82.3 Å². The van der Waals surface area contributed by atoms with Crippen LogP contribution in [0.15, 0.2) is 71.4 Å². The van der Waals surface area contributed by atoms with Crippen molar-refractivity contribution in [2.24, 2.45) is 0 Å². The Labute approximate surface area is 288 Å². The number of fused-ring (bicyclic) bond motifs is 1. The lowest BCUT2D eigenvalue weighted by Crippen LogP contribution is -2.42. The second-order valence-corrected chi connectivity index (χ2v) is 12.3. The molecule has 0 bridgehead atoms. The number of morpholine rings is 1. The van der Waals surface area contributed by atoms with E-state index in [0.29, 0.717) is 55.1 Å². The number of nitrogens with zero attached hydrogens (tertiary/aromatic N) is 5. The molecular weight excluding hydrogens is 673 g/mol. The maximum atomic E-state index is 13.8. The molecule has 5 aromatic rings. The van der Waals surface area contributed by atoms with E-state index in [9.17, 15) is 27.6 Å². The lowest BCUT2D eigenvalue weighted by atomic mass is 9.99. The molecule has 260 valence electrons. The predicted octanol–water partition coefficient (Wildman–Crippen LogP) is 4.85. The molecule has 6 rings (SSSR count). The van der Waals surface area contributed by atoms with Crippen LogP contribution in [-0.2, 0) is 17.5 Å². The van der Waals surface area contributed by atoms with Crippen LogP contribution in [0.1, 0.15) is 28.5 Å². The Bertz CT molecular complexity index is 2060. The third-order valence-electron chi connectivity index (χ3n) is 8.04. The van der Waals surface area contributed by atoms with Crippen LogP contribution in [0.3, 0.4) is 0 Å². The molecule has 0 radical (unpaired) electrons. The molecule has 12 nitrogen and oxygen atoms in total. The van der Waals surface area contributed by atoms with Gasteiger partial charge in [-0.1, -0.05) is 12.1 Å². The van der Waals surface area contributed by atoms with Gasteiger partial charge in [-0.3, -0.25) is 24.8 Å². The van der Waals surface area contributed by atoms with E-state index in [1.54, 1.807) is 48.1 Å². The summed E-state index contributed by atoms with van der Waals surface area (Å²) in [6.45, 7) is 6.13. The fraction of sp³-hybridized carbons (Fsp3) is 0.294. The van der Waals surface area contributed by atoms with Crippen LogP contribution in [0, 0.1) is 0 Å². The van der Waals surface area contributed by atoms with Crippen molar-refractivity contribution in [3.8, 4) is 21.7 Å². The van der Waals surface area contributed by atoms with E-state index in [1.807, 2.05) is 6.07 Å². The van der Waals surface area contributed by atoms with Gasteiger partial charge in [-0.05, 0) is 42.3 Å². The van der Waals surface area contributed by atoms with Crippen molar-refractivity contribution < 1.29 is 27.5 Å². The summed E-state index contributed by atoms with van der Waals surface area (Å²) in [4.78, 5) is 53.9. The zero-order chi connectivity index (χ0) is 35.3. The maximum absolute atomic E-state index is 13.8. The summed E-state index contributed by atoms with van der Waals surface area (Å²) >= 11 is 0.805. The molecule has 1 aliphatic heterocycles. The van der Waals surface area contributed by atoms with E-state index in [1.165, 1.54) is 18.5 Å². The first-order chi connectivity index (χ1) is 24.1. The molecule has 5 heterocycles. The summed E-state index contributed by atoms with van der Waals surface area (Å²) in [6, 6.07) is 9.54. The lowest BCUT2D eigenvalue weighted by Gasteiger charge is -2.26. The van der Waals surface area contributed by atoms with E-state index in [4.69, 9.17) is 4.74 Å². The number of hydrogen-bond donors (Lipinski definition) is 3. The fourth-order valence-corrected chi connectivity index (χ4v) is 6.42. The summed E-state index contributed by atoms with van der Waals surface area (Å²) < 4.78 is 47.8. The van der Waals surface area contributed by atoms with E-state index in [2.05, 4.69) is 35.8 Å². The van der Waals surface area contributed by atoms with Crippen LogP contribution in [0.25, 0.3) is 32.6 Å². The third-order valence-corrected chi connectivity index (χ3v) is 8.91. The van der Waals surface area contributed by atoms with Crippen LogP contribution >= 0.6 is 11.3 Å². The number of rotatable bonds is 10. The molecule has 1 saturated heterocycles. The van der Waals surface area contributed by atoms with Gasteiger partial charge in [0, 0.05) is 85.9 Å². The number of urea groups is 1. The number of thiazole rings is 1. The number of aromatic nitrogens is 4. The van der Waals surface area contributed by atoms with Crippen molar-refractivity contribution in [3.63, 3.8) is 0 Å². The number of carbonyl (C=O) groups is 2. The minimum absolute atomic E-state index is 0.0262. The number of pyridine rings is 3. The van der Waals surface area contributed by atoms with Gasteiger partial charge in [0.25, 0.3) is 5.91 Å². The number of anilines is 1. The summed E-state index contributed by atoms with van der Waals surface area (Å²) in [7, 11) is 0. The van der Waals surface area contributed by atoms with Gasteiger partial charge in [-0.25, -0.2) is 14.8 Å². The number of carbonyl (C=O) groups excluding carboxylic acids is 2. The molecule has 0 atom stereocenters. The van der Waals surface area contributed by atoms with Gasteiger partial charge in [0.1, 0.15) is 16.4 Å². The SMILES string of the molecule is CCNC(=O)Nc1cc(-c2nc(C(F)(F)F)cs2)c(-c2ccc3c(=O)c(C(=O)NCCN4CCOCC4)cn(Cc4cccnc4)c3c2)cn1. The summed E-state index contributed by atoms with van der Waals surface area (Å²) in [5, 5.41) is 9.31. The lowest BCUT2D eigenvalue weighted by molar-refractivity contribution is -0.140. The minimum Gasteiger partial charge on any atom is -0.379 e. The molecule has 0 unspecified atom stereocenters. The van der Waals surface area contributed by atoms with Gasteiger partial charge in [0.2, 0.25) is 5.43 Å². The highest BCUT2D eigenvalue weighted by atomic mass is 32.1. The number of halogens is 3. The molecule has 1 aliphatic rings. The quantitative estimate of drug-likeness (QED) is 0.187. The highest BCUT2D eigenvalue weighted by Crippen LogP contribution is 2.39. The predicted molar refractivity (Wildman–Crippen MR) is 183 cm³/mol. The van der Waals surface area contributed by atoms with Crippen LogP contribution in [0.2, 0.25) is 0 Å². The first-order valence-electron chi connectivity index (χ1n) is 15.8. The standard InChI is InChI=1S/C34H33F3N8O4S/c1-2-39-33(48)43-29-15-24(32-42-28(20-50-32)34(35,36)37)25(17-41-29)22-5-6-23-27(14-22)45(18-21-4-3-7-38-16-21)19-26(30(23)46)31(47)40-8-9-44-10-12-49-13-11-44/h3-7,14-17,19-20H,2,8-13,18H2,1H3,(H,40,47)(H2,39,41,43,48). The average Bonchev–Trinajstić information content (AvgIpc) is 3.62. The van der Waals surface area contributed by atoms with Crippen LogP contribution in [0.4, 0.5) is 23.8 Å². The van der Waals surface area contributed by atoms with Gasteiger partial charge in [-0.15, -0.1) is 11.3 Å². The van der Waals surface area contributed by atoms with E-state index in [0.717, 1.165) is 35.4 Å². The van der Waals surface area contributed by atoms with Gasteiger partial charge >= 0.3 is 12.2 Å². The second-order valence-electron chi connectivity index (χ2n) is 11.4. The Morgan fingerprint density at radius 3 is 2.60 bits per heavy atom. The Morgan fingerprint density at radius 2 is 1.88 bits per heavy atom. The zero-order valence-corrected chi connectivity index (χ0v) is 27.7. The van der Waals surface area contributed by atoms with Crippen molar-refractivity contribution in [1.82, 2.24) is 35.1 Å². The smallest absolute Gasteiger partial charge is 0.379 e. The number of ether oxygens (including phenoxy) is 1. The first-order valence-corrected chi connectivity index (χ1v) is 16.7. The Hall–Kier alpha value is -5.19. The molecule has 3 N–H and O–H groups in total. The van der Waals surface area contributed by atoms with Crippen LogP contribution < -0.4 is 21.4 Å². The largest absolute Gasteiger partial charge is 0.434 e. The molecular formula is C34H33F3N8O4S. The molecule has 16 heteroatoms. The van der Waals surface area contributed by atoms with E-state index >= 15 is 0 Å². The number of benzene rings is 1. The van der Waals surface area contributed by atoms with Crippen molar-refractivity contribution in [3.05, 3.63) is 93.6 Å². The molecule has 0 spiro atoms. The maximum Gasteiger partial charge on any atom is 0.434 e. The van der Waals surface area contributed by atoms with Gasteiger partial charge in [0.15, 0.2) is 5.69 Å². The Morgan fingerprint density at radius 1 is 1.06 bits per heavy atom. The summed E-state index contributed by atoms with van der Waals surface area (Å²) in [6.07, 6.45) is 1.62. The minimum atomic E-state index is -4.65. The number of nitrogens with one attached hydrogen (secondary N) is 3. The summed E-state index contributed by atoms with van der Waals surface area (Å²) in [5.41, 5.74) is 0.993. The number of amides is 3. The highest BCUT2D eigenvalue weighted by Gasteiger charge is 2.34. The summed E-state index contributed by atoms with van der Waals surface area (Å²) in [5.74, 6) is -0.392. The van der Waals surface area contributed by atoms with Crippen molar-refractivity contribution in [1.29, 1.82) is 0 Å². The molecule has 1 fully saturated rings. The third kappa shape index (κ3) is 7.98. The molecule has 50 heavy (non-hydrogen) atoms. The van der Waals surface area contributed by atoms with Crippen molar-refractivity contribution in [2.75, 3.05) is 51.3 Å². The van der Waals surface area contributed by atoms with Gasteiger partial charge < -0.3 is 19.9 Å². The Kier molecular flexibility index (Phi) is 10.5. The average molecular weight is 707 g/mol. The number of alkyl halides is 3. The van der Waals surface area contributed by atoms with Crippen molar-refractivity contribution >= 4 is 40.0 Å². The highest BCUT2D eigenvalue weighted by molar-refractivity contribution is 7.13. The molecule has 3 amide bonds. The van der Waals surface area contributed by atoms with Gasteiger partial charge in [0.05, 0.1) is 18.7 Å². The first kappa shape index (κ1) is 34.7. The topological polar surface area (TPSA) is 143 Å². The fourth-order valence-electron chi connectivity index (χ4n) is 5.57. The second kappa shape index (κ2) is 15.1. The number of hydrogen-bond acceptors (Lipinski definition) is 9. The monoisotopic (exact) mass is 706 g/mol. The van der Waals surface area contributed by atoms with E-state index in [-0.39, 0.29) is 28.3 Å². The zero-order valence-electron chi connectivity index (χ0n) is 26.9. The molecule has 0 saturated carbocycles. The van der Waals surface area contributed by atoms with Crippen LogP contribution in [0.5, 0.6) is 0 Å². The Balaban J connectivity index is 1.42. The van der Waals surface area contributed by atoms with Gasteiger partial charge in [-0.2, -0.15) is 13.2 Å². The molecule has 1 aromatic carbocycles.